The SMILES string of the molecule is COc1cc(C(=O)Nc2ccc(Cl)cc2)cc(Br)c1OCc1ccc(C)cc1. The number of carbonyl (C=O) groups is 1. The van der Waals surface area contributed by atoms with Gasteiger partial charge in [-0.1, -0.05) is 41.4 Å². The maximum absolute atomic E-state index is 12.6. The van der Waals surface area contributed by atoms with Crippen LogP contribution in [-0.4, -0.2) is 13.0 Å². The second kappa shape index (κ2) is 9.13. The van der Waals surface area contributed by atoms with Crippen LogP contribution in [0.2, 0.25) is 5.02 Å². The van der Waals surface area contributed by atoms with Crippen molar-refractivity contribution in [3.05, 3.63) is 86.8 Å². The first kappa shape index (κ1) is 20.2. The summed E-state index contributed by atoms with van der Waals surface area (Å²) in [6, 6.07) is 18.4. The lowest BCUT2D eigenvalue weighted by molar-refractivity contribution is 0.102. The minimum atomic E-state index is -0.258. The zero-order valence-corrected chi connectivity index (χ0v) is 17.8. The van der Waals surface area contributed by atoms with Crippen molar-refractivity contribution in [2.24, 2.45) is 0 Å². The smallest absolute Gasteiger partial charge is 0.255 e. The van der Waals surface area contributed by atoms with E-state index in [9.17, 15) is 4.79 Å². The number of rotatable bonds is 6. The molecule has 0 fully saturated rings. The molecule has 3 aromatic carbocycles. The molecule has 1 N–H and O–H groups in total. The minimum absolute atomic E-state index is 0.258. The van der Waals surface area contributed by atoms with E-state index in [4.69, 9.17) is 21.1 Å². The third-order valence-corrected chi connectivity index (χ3v) is 4.94. The lowest BCUT2D eigenvalue weighted by Gasteiger charge is -2.15. The Hall–Kier alpha value is -2.50. The molecule has 6 heteroatoms. The van der Waals surface area contributed by atoms with Gasteiger partial charge in [0, 0.05) is 16.3 Å². The van der Waals surface area contributed by atoms with E-state index >= 15 is 0 Å². The average molecular weight is 461 g/mol. The molecule has 0 bridgehead atoms. The molecule has 144 valence electrons. The zero-order chi connectivity index (χ0) is 20.1. The first-order chi connectivity index (χ1) is 13.5. The molecule has 0 aliphatic heterocycles. The minimum Gasteiger partial charge on any atom is -0.493 e. The van der Waals surface area contributed by atoms with E-state index in [0.29, 0.717) is 38.9 Å². The number of benzene rings is 3. The van der Waals surface area contributed by atoms with Crippen molar-refractivity contribution in [3.63, 3.8) is 0 Å². The van der Waals surface area contributed by atoms with E-state index < -0.39 is 0 Å². The molecule has 3 aromatic rings. The summed E-state index contributed by atoms with van der Waals surface area (Å²) in [7, 11) is 1.54. The highest BCUT2D eigenvalue weighted by molar-refractivity contribution is 9.10. The molecule has 0 spiro atoms. The Kier molecular flexibility index (Phi) is 6.60. The van der Waals surface area contributed by atoms with Gasteiger partial charge < -0.3 is 14.8 Å². The van der Waals surface area contributed by atoms with Gasteiger partial charge in [-0.05, 0) is 64.8 Å². The first-order valence-corrected chi connectivity index (χ1v) is 9.76. The summed E-state index contributed by atoms with van der Waals surface area (Å²) in [6.07, 6.45) is 0. The predicted molar refractivity (Wildman–Crippen MR) is 116 cm³/mol. The molecule has 0 aliphatic carbocycles. The summed E-state index contributed by atoms with van der Waals surface area (Å²) in [5.41, 5.74) is 3.34. The summed E-state index contributed by atoms with van der Waals surface area (Å²) in [5, 5.41) is 3.44. The monoisotopic (exact) mass is 459 g/mol. The molecular formula is C22H19BrClNO3. The van der Waals surface area contributed by atoms with Crippen molar-refractivity contribution < 1.29 is 14.3 Å². The molecule has 0 aromatic heterocycles. The molecule has 28 heavy (non-hydrogen) atoms. The normalized spacial score (nSPS) is 10.4. The van der Waals surface area contributed by atoms with Crippen molar-refractivity contribution in [2.45, 2.75) is 13.5 Å². The van der Waals surface area contributed by atoms with Crippen molar-refractivity contribution in [2.75, 3.05) is 12.4 Å². The van der Waals surface area contributed by atoms with Crippen LogP contribution in [0.4, 0.5) is 5.69 Å². The van der Waals surface area contributed by atoms with E-state index in [0.717, 1.165) is 5.56 Å². The highest BCUT2D eigenvalue weighted by Gasteiger charge is 2.16. The molecule has 1 amide bonds. The van der Waals surface area contributed by atoms with Crippen molar-refractivity contribution in [1.82, 2.24) is 0 Å². The summed E-state index contributed by atoms with van der Waals surface area (Å²) >= 11 is 9.36. The Labute approximate surface area is 177 Å². The number of hydrogen-bond donors (Lipinski definition) is 1. The number of ether oxygens (including phenoxy) is 2. The van der Waals surface area contributed by atoms with Crippen LogP contribution in [-0.2, 0) is 6.61 Å². The van der Waals surface area contributed by atoms with Crippen molar-refractivity contribution in [1.29, 1.82) is 0 Å². The number of nitrogens with one attached hydrogen (secondary N) is 1. The molecule has 3 rings (SSSR count). The second-order valence-electron chi connectivity index (χ2n) is 6.22. The number of anilines is 1. The van der Waals surface area contributed by atoms with Gasteiger partial charge in [0.2, 0.25) is 0 Å². The Morgan fingerprint density at radius 1 is 1.07 bits per heavy atom. The van der Waals surface area contributed by atoms with Gasteiger partial charge in [-0.2, -0.15) is 0 Å². The van der Waals surface area contributed by atoms with Crippen LogP contribution in [0, 0.1) is 6.92 Å². The van der Waals surface area contributed by atoms with Gasteiger partial charge >= 0.3 is 0 Å². The molecule has 0 radical (unpaired) electrons. The lowest BCUT2D eigenvalue weighted by atomic mass is 10.1. The van der Waals surface area contributed by atoms with Crippen LogP contribution in [0.3, 0.4) is 0 Å². The van der Waals surface area contributed by atoms with Gasteiger partial charge in [-0.25, -0.2) is 0 Å². The number of aryl methyl sites for hydroxylation is 1. The largest absolute Gasteiger partial charge is 0.493 e. The Bertz CT molecular complexity index is 972. The molecule has 4 nitrogen and oxygen atoms in total. The fraction of sp³-hybridized carbons (Fsp3) is 0.136. The van der Waals surface area contributed by atoms with E-state index in [2.05, 4.69) is 21.2 Å². The Morgan fingerprint density at radius 3 is 2.39 bits per heavy atom. The lowest BCUT2D eigenvalue weighted by Crippen LogP contribution is -2.12. The quantitative estimate of drug-likeness (QED) is 0.473. The van der Waals surface area contributed by atoms with Crippen LogP contribution < -0.4 is 14.8 Å². The zero-order valence-electron chi connectivity index (χ0n) is 15.5. The number of halogens is 2. The fourth-order valence-electron chi connectivity index (χ4n) is 2.57. The summed E-state index contributed by atoms with van der Waals surface area (Å²) in [4.78, 5) is 12.6. The van der Waals surface area contributed by atoms with E-state index in [1.54, 1.807) is 43.5 Å². The highest BCUT2D eigenvalue weighted by atomic mass is 79.9. The van der Waals surface area contributed by atoms with Gasteiger partial charge in [0.25, 0.3) is 5.91 Å². The summed E-state index contributed by atoms with van der Waals surface area (Å²) in [5.74, 6) is 0.764. The van der Waals surface area contributed by atoms with Crippen LogP contribution in [0.15, 0.2) is 65.1 Å². The van der Waals surface area contributed by atoms with Gasteiger partial charge in [-0.3, -0.25) is 4.79 Å². The molecule has 0 aliphatic rings. The molecular weight excluding hydrogens is 442 g/mol. The van der Waals surface area contributed by atoms with Crippen molar-refractivity contribution in [3.8, 4) is 11.5 Å². The number of hydrogen-bond acceptors (Lipinski definition) is 3. The van der Waals surface area contributed by atoms with E-state index in [1.165, 1.54) is 5.56 Å². The fourth-order valence-corrected chi connectivity index (χ4v) is 3.25. The van der Waals surface area contributed by atoms with Crippen LogP contribution in [0.1, 0.15) is 21.5 Å². The molecule has 0 saturated carbocycles. The maximum Gasteiger partial charge on any atom is 0.255 e. The molecule has 0 saturated heterocycles. The Morgan fingerprint density at radius 2 is 1.75 bits per heavy atom. The maximum atomic E-state index is 12.6. The van der Waals surface area contributed by atoms with Gasteiger partial charge in [0.05, 0.1) is 11.6 Å². The predicted octanol–water partition coefficient (Wildman–Crippen LogP) is 6.25. The number of carbonyl (C=O) groups excluding carboxylic acids is 1. The molecule has 0 unspecified atom stereocenters. The van der Waals surface area contributed by atoms with Gasteiger partial charge in [-0.15, -0.1) is 0 Å². The summed E-state index contributed by atoms with van der Waals surface area (Å²) < 4.78 is 12.0. The van der Waals surface area contributed by atoms with Crippen molar-refractivity contribution >= 4 is 39.1 Å². The van der Waals surface area contributed by atoms with E-state index in [1.807, 2.05) is 31.2 Å². The number of amides is 1. The second-order valence-corrected chi connectivity index (χ2v) is 7.52. The van der Waals surface area contributed by atoms with Gasteiger partial charge in [0.1, 0.15) is 6.61 Å². The van der Waals surface area contributed by atoms with E-state index in [-0.39, 0.29) is 5.91 Å². The summed E-state index contributed by atoms with van der Waals surface area (Å²) in [6.45, 7) is 2.43. The third-order valence-electron chi connectivity index (χ3n) is 4.10. The highest BCUT2D eigenvalue weighted by Crippen LogP contribution is 2.37. The Balaban J connectivity index is 1.77. The standard InChI is InChI=1S/C22H19BrClNO3/c1-14-3-5-15(6-4-14)13-28-21-19(23)11-16(12-20(21)27-2)22(26)25-18-9-7-17(24)8-10-18/h3-12H,13H2,1-2H3,(H,25,26). The third kappa shape index (κ3) is 5.06. The molecule has 0 heterocycles. The van der Waals surface area contributed by atoms with Crippen LogP contribution in [0.5, 0.6) is 11.5 Å². The van der Waals surface area contributed by atoms with Gasteiger partial charge in [0.15, 0.2) is 11.5 Å². The average Bonchev–Trinajstić information content (AvgIpc) is 2.69. The van der Waals surface area contributed by atoms with Crippen LogP contribution in [0.25, 0.3) is 0 Å². The topological polar surface area (TPSA) is 47.6 Å². The molecule has 0 atom stereocenters. The first-order valence-electron chi connectivity index (χ1n) is 8.59. The number of methoxy groups -OCH3 is 1. The van der Waals surface area contributed by atoms with Crippen LogP contribution >= 0.6 is 27.5 Å².